The van der Waals surface area contributed by atoms with Crippen LogP contribution in [-0.4, -0.2) is 33.0 Å². The lowest BCUT2D eigenvalue weighted by atomic mass is 10.1. The van der Waals surface area contributed by atoms with Crippen molar-refractivity contribution < 1.29 is 27.5 Å². The van der Waals surface area contributed by atoms with Crippen LogP contribution in [-0.2, 0) is 35.2 Å². The molecule has 1 unspecified atom stereocenters. The van der Waals surface area contributed by atoms with Crippen LogP contribution < -0.4 is 21.9 Å². The molecule has 2 aromatic carbocycles. The molecule has 1 aliphatic rings. The van der Waals surface area contributed by atoms with Gasteiger partial charge in [-0.3, -0.25) is 14.2 Å². The highest BCUT2D eigenvalue weighted by molar-refractivity contribution is 6.02. The Morgan fingerprint density at radius 1 is 1.10 bits per heavy atom. The number of nitrogens with zero attached hydrogens (tertiary/aromatic N) is 3. The van der Waals surface area contributed by atoms with Crippen LogP contribution in [0.15, 0.2) is 64.5 Å². The second-order valence-electron chi connectivity index (χ2n) is 10.8. The fourth-order valence-electron chi connectivity index (χ4n) is 4.38. The van der Waals surface area contributed by atoms with Crippen LogP contribution in [0.5, 0.6) is 0 Å². The molecular formula is C29H31F3N6O4. The molecule has 13 heteroatoms. The quantitative estimate of drug-likeness (QED) is 0.278. The molecule has 0 saturated heterocycles. The first-order valence-electron chi connectivity index (χ1n) is 13.2. The van der Waals surface area contributed by atoms with Gasteiger partial charge in [-0.1, -0.05) is 36.4 Å². The van der Waals surface area contributed by atoms with E-state index in [0.29, 0.717) is 29.8 Å². The number of amides is 2. The van der Waals surface area contributed by atoms with Crippen molar-refractivity contribution in [3.8, 4) is 0 Å². The van der Waals surface area contributed by atoms with Crippen LogP contribution in [0.4, 0.5) is 23.7 Å². The number of nitrogens with two attached hydrogens (primary N) is 1. The fraction of sp³-hybridized carbons (Fsp3) is 0.345. The maximum Gasteiger partial charge on any atom is 0.436 e. The molecule has 42 heavy (non-hydrogen) atoms. The highest BCUT2D eigenvalue weighted by Gasteiger charge is 2.32. The molecule has 4 N–H and O–H groups in total. The summed E-state index contributed by atoms with van der Waals surface area (Å²) in [5.41, 5.74) is 5.62. The van der Waals surface area contributed by atoms with Crippen molar-refractivity contribution in [1.82, 2.24) is 14.9 Å². The van der Waals surface area contributed by atoms with Crippen molar-refractivity contribution in [1.29, 1.82) is 0 Å². The number of alkyl halides is 3. The average molecular weight is 585 g/mol. The van der Waals surface area contributed by atoms with Crippen molar-refractivity contribution in [3.05, 3.63) is 93.2 Å². The lowest BCUT2D eigenvalue weighted by Gasteiger charge is -2.17. The van der Waals surface area contributed by atoms with Crippen LogP contribution in [0, 0.1) is 0 Å². The lowest BCUT2D eigenvalue weighted by molar-refractivity contribution is -0.137. The number of rotatable bonds is 7. The number of anilines is 1. The van der Waals surface area contributed by atoms with Crippen molar-refractivity contribution >= 4 is 23.5 Å². The summed E-state index contributed by atoms with van der Waals surface area (Å²) >= 11 is 0. The predicted octanol–water partition coefficient (Wildman–Crippen LogP) is 4.32. The molecule has 0 radical (unpaired) electrons. The van der Waals surface area contributed by atoms with Gasteiger partial charge in [0.05, 0.1) is 11.8 Å². The minimum absolute atomic E-state index is 0.00764. The number of carbonyl (C=O) groups is 2. The molecule has 1 aliphatic heterocycles. The Hall–Kier alpha value is -4.68. The zero-order chi connectivity index (χ0) is 30.7. The third-order valence-corrected chi connectivity index (χ3v) is 6.38. The number of hydrogen-bond acceptors (Lipinski definition) is 6. The number of benzene rings is 2. The SMILES string of the molecule is CC(C)(C)OC(=O)/N=C(\N)c1ccc(CNC(=O)C2CCc3ncc(NCc4cccc(C(F)(F)F)c4)c(=O)n32)cc1. The van der Waals surface area contributed by atoms with Gasteiger partial charge in [-0.05, 0) is 50.5 Å². The van der Waals surface area contributed by atoms with Gasteiger partial charge in [-0.25, -0.2) is 9.78 Å². The number of aliphatic imine (C=N–C) groups is 1. The van der Waals surface area contributed by atoms with Crippen molar-refractivity contribution in [2.75, 3.05) is 5.32 Å². The fourth-order valence-corrected chi connectivity index (χ4v) is 4.38. The van der Waals surface area contributed by atoms with Gasteiger partial charge in [-0.2, -0.15) is 18.2 Å². The van der Waals surface area contributed by atoms with E-state index in [2.05, 4.69) is 20.6 Å². The van der Waals surface area contributed by atoms with Crippen LogP contribution in [0.25, 0.3) is 0 Å². The predicted molar refractivity (Wildman–Crippen MR) is 150 cm³/mol. The molecule has 2 heterocycles. The molecule has 0 spiro atoms. The van der Waals surface area contributed by atoms with E-state index < -0.39 is 35.0 Å². The van der Waals surface area contributed by atoms with Gasteiger partial charge in [0.25, 0.3) is 5.56 Å². The first-order chi connectivity index (χ1) is 19.7. The van der Waals surface area contributed by atoms with Gasteiger partial charge in [0.1, 0.15) is 29.0 Å². The third kappa shape index (κ3) is 7.53. The second kappa shape index (κ2) is 12.0. The molecule has 3 aromatic rings. The monoisotopic (exact) mass is 584 g/mol. The summed E-state index contributed by atoms with van der Waals surface area (Å²) in [5.74, 6) is 0.0726. The molecule has 10 nitrogen and oxygen atoms in total. The van der Waals surface area contributed by atoms with E-state index in [-0.39, 0.29) is 30.5 Å². The number of amidine groups is 1. The van der Waals surface area contributed by atoms with Crippen molar-refractivity contribution in [2.24, 2.45) is 10.7 Å². The summed E-state index contributed by atoms with van der Waals surface area (Å²) in [4.78, 5) is 46.2. The minimum Gasteiger partial charge on any atom is -0.442 e. The Balaban J connectivity index is 1.39. The minimum atomic E-state index is -4.48. The zero-order valence-corrected chi connectivity index (χ0v) is 23.3. The van der Waals surface area contributed by atoms with Crippen molar-refractivity contribution in [3.63, 3.8) is 0 Å². The maximum absolute atomic E-state index is 13.2. The number of fused-ring (bicyclic) bond motifs is 1. The molecular weight excluding hydrogens is 553 g/mol. The largest absolute Gasteiger partial charge is 0.442 e. The van der Waals surface area contributed by atoms with Crippen LogP contribution in [0.2, 0.25) is 0 Å². The van der Waals surface area contributed by atoms with Gasteiger partial charge in [-0.15, -0.1) is 0 Å². The number of carbonyl (C=O) groups excluding carboxylic acids is 2. The maximum atomic E-state index is 13.2. The number of aromatic nitrogens is 2. The highest BCUT2D eigenvalue weighted by atomic mass is 19.4. The topological polar surface area (TPSA) is 141 Å². The normalized spacial score (nSPS) is 15.2. The van der Waals surface area contributed by atoms with E-state index in [1.54, 1.807) is 45.0 Å². The lowest BCUT2D eigenvalue weighted by Crippen LogP contribution is -2.36. The molecule has 222 valence electrons. The highest BCUT2D eigenvalue weighted by Crippen LogP contribution is 2.30. The molecule has 0 aliphatic carbocycles. The van der Waals surface area contributed by atoms with Gasteiger partial charge < -0.3 is 21.1 Å². The van der Waals surface area contributed by atoms with Gasteiger partial charge in [0.2, 0.25) is 5.91 Å². The number of nitrogens with one attached hydrogen (secondary N) is 2. The third-order valence-electron chi connectivity index (χ3n) is 6.38. The van der Waals surface area contributed by atoms with Crippen LogP contribution in [0.1, 0.15) is 61.3 Å². The standard InChI is InChI=1S/C29H31F3N6O4/c1-28(2,3)42-27(41)37-24(33)19-9-7-17(8-10-19)14-36-25(39)22-11-12-23-35-16-21(26(40)38(22)23)34-15-18-5-4-6-20(13-18)29(30,31)32/h4-10,13,16,22,34H,11-12,14-15H2,1-3H3,(H,36,39)(H2,33,37,41). The Bertz CT molecular complexity index is 1560. The second-order valence-corrected chi connectivity index (χ2v) is 10.8. The van der Waals surface area contributed by atoms with Crippen molar-refractivity contribution in [2.45, 2.75) is 64.5 Å². The van der Waals surface area contributed by atoms with Crippen LogP contribution in [0.3, 0.4) is 0 Å². The van der Waals surface area contributed by atoms with E-state index in [0.717, 1.165) is 17.7 Å². The Labute approximate surface area is 239 Å². The summed E-state index contributed by atoms with van der Waals surface area (Å²) in [6, 6.07) is 10.8. The molecule has 1 aromatic heterocycles. The number of aryl methyl sites for hydroxylation is 1. The molecule has 2 amide bonds. The number of ether oxygens (including phenoxy) is 1. The first kappa shape index (κ1) is 30.3. The average Bonchev–Trinajstić information content (AvgIpc) is 3.35. The zero-order valence-electron chi connectivity index (χ0n) is 23.3. The number of hydrogen-bond donors (Lipinski definition) is 3. The molecule has 4 rings (SSSR count). The van der Waals surface area contributed by atoms with E-state index in [9.17, 15) is 27.6 Å². The molecule has 1 atom stereocenters. The molecule has 0 fully saturated rings. The molecule has 0 saturated carbocycles. The molecule has 0 bridgehead atoms. The smallest absolute Gasteiger partial charge is 0.436 e. The summed E-state index contributed by atoms with van der Waals surface area (Å²) < 4.78 is 45.5. The Kier molecular flexibility index (Phi) is 8.69. The summed E-state index contributed by atoms with van der Waals surface area (Å²) in [5, 5.41) is 5.67. The Morgan fingerprint density at radius 2 is 1.81 bits per heavy atom. The van der Waals surface area contributed by atoms with E-state index in [1.807, 2.05) is 0 Å². The summed E-state index contributed by atoms with van der Waals surface area (Å²) in [7, 11) is 0. The first-order valence-corrected chi connectivity index (χ1v) is 13.2. The van der Waals surface area contributed by atoms with Gasteiger partial charge >= 0.3 is 12.3 Å². The van der Waals surface area contributed by atoms with E-state index in [4.69, 9.17) is 10.5 Å². The van der Waals surface area contributed by atoms with Gasteiger partial charge in [0, 0.05) is 25.1 Å². The number of halogens is 3. The van der Waals surface area contributed by atoms with Gasteiger partial charge in [0.15, 0.2) is 0 Å². The van der Waals surface area contributed by atoms with E-state index >= 15 is 0 Å². The van der Waals surface area contributed by atoms with E-state index in [1.165, 1.54) is 22.9 Å². The van der Waals surface area contributed by atoms with Crippen LogP contribution >= 0.6 is 0 Å². The Morgan fingerprint density at radius 3 is 2.48 bits per heavy atom. The summed E-state index contributed by atoms with van der Waals surface area (Å²) in [6.45, 7) is 5.30. The summed E-state index contributed by atoms with van der Waals surface area (Å²) in [6.07, 6.45) is -3.14.